The van der Waals surface area contributed by atoms with Crippen molar-refractivity contribution in [2.45, 2.75) is 13.8 Å². The molecule has 0 radical (unpaired) electrons. The van der Waals surface area contributed by atoms with Crippen LogP contribution in [0.1, 0.15) is 13.8 Å². The average molecular weight is 985 g/mol. The van der Waals surface area contributed by atoms with Gasteiger partial charge in [-0.05, 0) is 39.3 Å². The Morgan fingerprint density at radius 3 is 0.536 bits per heavy atom. The van der Waals surface area contributed by atoms with Crippen LogP contribution in [-0.4, -0.2) is 225 Å². The SMILES string of the molecule is CC(C[O-])(C[O-])C[O-].CC(C[O-])(C[O-])C[O-].CO.CO.[Mn+3].[Mn+3].[Mn+3].[Mn+3].[O-]CCN(CC[O-])CCN(CC[O-])CCO.[O-]CCN(CC[O-])CCN(CC[O-])CCO. The van der Waals surface area contributed by atoms with Gasteiger partial charge in [-0.3, -0.25) is 0 Å². The zero-order valence-corrected chi connectivity index (χ0v) is 38.1. The van der Waals surface area contributed by atoms with Crippen LogP contribution in [0.2, 0.25) is 0 Å². The van der Waals surface area contributed by atoms with E-state index in [0.29, 0.717) is 78.5 Å². The molecule has 0 unspecified atom stereocenters. The molecule has 56 heavy (non-hydrogen) atoms. The van der Waals surface area contributed by atoms with Gasteiger partial charge in [0.1, 0.15) is 0 Å². The Balaban J connectivity index is -0.0000000620. The van der Waals surface area contributed by atoms with Crippen LogP contribution < -0.4 is 61.3 Å². The number of aliphatic hydroxyl groups is 4. The molecule has 0 atom stereocenters. The van der Waals surface area contributed by atoms with Crippen LogP contribution in [0.25, 0.3) is 0 Å². The molecule has 0 amide bonds. The number of nitrogens with zero attached hydrogens (tertiary/aromatic N) is 4. The van der Waals surface area contributed by atoms with Crippen LogP contribution in [0.4, 0.5) is 0 Å². The van der Waals surface area contributed by atoms with Crippen LogP contribution in [0.15, 0.2) is 0 Å². The first kappa shape index (κ1) is 81.2. The molecule has 20 nitrogen and oxygen atoms in total. The summed E-state index contributed by atoms with van der Waals surface area (Å²) in [7, 11) is 2.00. The van der Waals surface area contributed by atoms with E-state index in [1.807, 2.05) is 9.80 Å². The fourth-order valence-electron chi connectivity index (χ4n) is 3.21. The fraction of sp³-hybridized carbons (Fsp3) is 1.00. The molecule has 0 aliphatic carbocycles. The van der Waals surface area contributed by atoms with Crippen LogP contribution in [0.3, 0.4) is 0 Å². The maximum Gasteiger partial charge on any atom is 3.00 e. The Morgan fingerprint density at radius 2 is 0.446 bits per heavy atom. The third kappa shape index (κ3) is 57.4. The van der Waals surface area contributed by atoms with Gasteiger partial charge in [0.2, 0.25) is 0 Å². The molecule has 0 spiro atoms. The standard InChI is InChI=1S/2C10H21N2O4.2C5H9O3.2CH4O.4Mn/c2*13-7-3-11(4-8-14)1-2-12(5-9-15)6-10-16;2*1-5(2-6,3-7)4-8;2*1-2;;;;/h2*13H,1-10H2;2*2-4H2,1H3;2*2H,1H3;;;;/q4*-3;;;4*+3. The number of rotatable bonds is 28. The summed E-state index contributed by atoms with van der Waals surface area (Å²) in [5.74, 6) is 0. The second kappa shape index (κ2) is 65.4. The van der Waals surface area contributed by atoms with Gasteiger partial charge >= 0.3 is 68.3 Å². The molecule has 4 N–H and O–H groups in total. The number of hydrogen-bond donors (Lipinski definition) is 4. The summed E-state index contributed by atoms with van der Waals surface area (Å²) in [5.41, 5.74) is -2.08. The minimum atomic E-state index is -1.04. The van der Waals surface area contributed by atoms with Crippen molar-refractivity contribution in [1.29, 1.82) is 0 Å². The summed E-state index contributed by atoms with van der Waals surface area (Å²) in [6, 6.07) is 0. The van der Waals surface area contributed by atoms with Crippen molar-refractivity contribution < 1.29 is 150 Å². The summed E-state index contributed by atoms with van der Waals surface area (Å²) < 4.78 is 0. The predicted octanol–water partition coefficient (Wildman–Crippen LogP) is -15.3. The van der Waals surface area contributed by atoms with E-state index in [1.165, 1.54) is 13.8 Å². The van der Waals surface area contributed by atoms with Crippen LogP contribution >= 0.6 is 0 Å². The molecule has 0 aliphatic heterocycles. The molecule has 0 saturated heterocycles. The Morgan fingerprint density at radius 1 is 0.304 bits per heavy atom. The summed E-state index contributed by atoms with van der Waals surface area (Å²) in [4.78, 5) is 7.29. The van der Waals surface area contributed by atoms with Crippen molar-refractivity contribution in [3.8, 4) is 0 Å². The van der Waals surface area contributed by atoms with Gasteiger partial charge in [0.15, 0.2) is 0 Å². The van der Waals surface area contributed by atoms with E-state index in [0.717, 1.165) is 14.2 Å². The first-order chi connectivity index (χ1) is 24.9. The van der Waals surface area contributed by atoms with Crippen molar-refractivity contribution >= 4 is 0 Å². The Labute approximate surface area is 377 Å². The fourth-order valence-corrected chi connectivity index (χ4v) is 3.21. The van der Waals surface area contributed by atoms with E-state index in [-0.39, 0.29) is 121 Å². The molecule has 0 bridgehead atoms. The van der Waals surface area contributed by atoms with Gasteiger partial charge in [-0.15, -0.1) is 79.3 Å². The second-order valence-corrected chi connectivity index (χ2v) is 11.5. The quantitative estimate of drug-likeness (QED) is 0.0529. The van der Waals surface area contributed by atoms with Gasteiger partial charge < -0.3 is 101 Å². The van der Waals surface area contributed by atoms with E-state index >= 15 is 0 Å². The smallest absolute Gasteiger partial charge is 0.854 e. The van der Waals surface area contributed by atoms with E-state index in [2.05, 4.69) is 0 Å². The zero-order chi connectivity index (χ0) is 41.7. The zero-order valence-electron chi connectivity index (χ0n) is 33.4. The molecular formula is C32H68Mn4N4O16. The van der Waals surface area contributed by atoms with Crippen molar-refractivity contribution in [2.24, 2.45) is 10.8 Å². The van der Waals surface area contributed by atoms with Gasteiger partial charge in [-0.1, -0.05) is 24.7 Å². The first-order valence-corrected chi connectivity index (χ1v) is 16.9. The molecule has 0 rings (SSSR count). The molecular weight excluding hydrogens is 916 g/mol. The van der Waals surface area contributed by atoms with Crippen molar-refractivity contribution in [2.75, 3.05) is 185 Å². The predicted molar refractivity (Wildman–Crippen MR) is 171 cm³/mol. The van der Waals surface area contributed by atoms with Crippen molar-refractivity contribution in [1.82, 2.24) is 19.6 Å². The molecule has 340 valence electrons. The minimum Gasteiger partial charge on any atom is -0.854 e. The molecule has 0 aromatic carbocycles. The van der Waals surface area contributed by atoms with E-state index in [1.54, 1.807) is 9.80 Å². The van der Waals surface area contributed by atoms with Crippen LogP contribution in [0, 0.1) is 10.8 Å². The third-order valence-corrected chi connectivity index (χ3v) is 6.83. The van der Waals surface area contributed by atoms with Crippen LogP contribution in [-0.2, 0) is 68.3 Å². The molecule has 24 heteroatoms. The largest absolute Gasteiger partial charge is 3.00 e. The average Bonchev–Trinajstić information content (AvgIpc) is 3.18. The molecule has 0 fully saturated rings. The Hall–Kier alpha value is 1.28. The topological polar surface area (TPSA) is 371 Å². The Kier molecular flexibility index (Phi) is 94.8. The molecule has 0 heterocycles. The van der Waals surface area contributed by atoms with Gasteiger partial charge in [0.25, 0.3) is 0 Å². The summed E-state index contributed by atoms with van der Waals surface area (Å²) in [5, 5.41) is 154. The Bertz CT molecular complexity index is 515. The number of hydrogen-bond acceptors (Lipinski definition) is 20. The van der Waals surface area contributed by atoms with Gasteiger partial charge in [0, 0.05) is 53.5 Å². The molecule has 0 aliphatic rings. The number of aliphatic hydroxyl groups excluding tert-OH is 4. The van der Waals surface area contributed by atoms with Crippen LogP contribution in [0.5, 0.6) is 0 Å². The monoisotopic (exact) mass is 984 g/mol. The third-order valence-electron chi connectivity index (χ3n) is 6.83. The van der Waals surface area contributed by atoms with Gasteiger partial charge in [-0.2, -0.15) is 0 Å². The normalized spacial score (nSPS) is 10.3. The van der Waals surface area contributed by atoms with E-state index < -0.39 is 50.5 Å². The summed E-state index contributed by atoms with van der Waals surface area (Å²) in [6.45, 7) is 3.85. The molecule has 0 saturated carbocycles. The molecule has 0 aromatic rings. The molecule has 0 aromatic heterocycles. The van der Waals surface area contributed by atoms with Gasteiger partial charge in [-0.25, -0.2) is 0 Å². The van der Waals surface area contributed by atoms with E-state index in [9.17, 15) is 61.3 Å². The maximum absolute atomic E-state index is 10.5. The second-order valence-electron chi connectivity index (χ2n) is 11.5. The van der Waals surface area contributed by atoms with Crippen molar-refractivity contribution in [3.63, 3.8) is 0 Å². The first-order valence-electron chi connectivity index (χ1n) is 16.9. The summed E-state index contributed by atoms with van der Waals surface area (Å²) >= 11 is 0. The van der Waals surface area contributed by atoms with Gasteiger partial charge in [0.05, 0.1) is 13.2 Å². The maximum atomic E-state index is 10.5. The van der Waals surface area contributed by atoms with E-state index in [4.69, 9.17) is 20.4 Å². The summed E-state index contributed by atoms with van der Waals surface area (Å²) in [6.07, 6.45) is 0. The minimum absolute atomic E-state index is 0. The van der Waals surface area contributed by atoms with Crippen molar-refractivity contribution in [3.05, 3.63) is 0 Å².